The van der Waals surface area contributed by atoms with Crippen molar-refractivity contribution in [1.82, 2.24) is 0 Å². The predicted octanol–water partition coefficient (Wildman–Crippen LogP) is -1.96. The van der Waals surface area contributed by atoms with Crippen molar-refractivity contribution in [3.8, 4) is 0 Å². The maximum Gasteiger partial charge on any atom is 0.151 e. The van der Waals surface area contributed by atoms with Crippen LogP contribution in [-0.4, -0.2) is 51.1 Å². The van der Waals surface area contributed by atoms with Crippen LogP contribution in [-0.2, 0) is 4.79 Å². The molecule has 72 valence electrons. The molecule has 0 fully saturated rings. The van der Waals surface area contributed by atoms with E-state index >= 15 is 0 Å². The van der Waals surface area contributed by atoms with Gasteiger partial charge in [0.2, 0.25) is 0 Å². The van der Waals surface area contributed by atoms with Crippen molar-refractivity contribution in [3.63, 3.8) is 0 Å². The zero-order valence-corrected chi connectivity index (χ0v) is 6.79. The Balaban J connectivity index is 4.07. The molecule has 2 unspecified atom stereocenters. The summed E-state index contributed by atoms with van der Waals surface area (Å²) in [5.41, 5.74) is 0. The lowest BCUT2D eigenvalue weighted by Gasteiger charge is -2.22. The second kappa shape index (κ2) is 5.21. The molecule has 0 saturated heterocycles. The number of aliphatic hydroxyl groups is 4. The normalized spacial score (nSPS) is 21.1. The molecular formula is C7H14O5. The van der Waals surface area contributed by atoms with Gasteiger partial charge in [-0.3, -0.25) is 0 Å². The maximum atomic E-state index is 9.96. The topological polar surface area (TPSA) is 98.0 Å². The van der Waals surface area contributed by atoms with Crippen LogP contribution in [0.1, 0.15) is 13.3 Å². The zero-order valence-electron chi connectivity index (χ0n) is 6.79. The molecule has 0 heterocycles. The number of hydrogen-bond acceptors (Lipinski definition) is 5. The third-order valence-corrected chi connectivity index (χ3v) is 1.65. The van der Waals surface area contributed by atoms with E-state index in [1.54, 1.807) is 6.92 Å². The molecule has 0 aromatic carbocycles. The van der Waals surface area contributed by atoms with E-state index < -0.39 is 24.4 Å². The molecule has 0 bridgehead atoms. The minimum absolute atomic E-state index is 0.107. The lowest BCUT2D eigenvalue weighted by Crippen LogP contribution is -2.44. The van der Waals surface area contributed by atoms with Crippen molar-refractivity contribution in [2.75, 3.05) is 0 Å². The number of rotatable bonds is 5. The first-order valence-corrected chi connectivity index (χ1v) is 3.72. The smallest absolute Gasteiger partial charge is 0.151 e. The van der Waals surface area contributed by atoms with Gasteiger partial charge >= 0.3 is 0 Å². The summed E-state index contributed by atoms with van der Waals surface area (Å²) in [6, 6.07) is 0. The highest BCUT2D eigenvalue weighted by Gasteiger charge is 2.28. The maximum absolute atomic E-state index is 9.96. The van der Waals surface area contributed by atoms with Gasteiger partial charge in [0.25, 0.3) is 0 Å². The average Bonchev–Trinajstić information content (AvgIpc) is 2.12. The summed E-state index contributed by atoms with van der Waals surface area (Å²) in [5, 5.41) is 35.8. The van der Waals surface area contributed by atoms with Gasteiger partial charge in [0.15, 0.2) is 6.29 Å². The summed E-state index contributed by atoms with van der Waals surface area (Å²) >= 11 is 0. The van der Waals surface area contributed by atoms with Gasteiger partial charge < -0.3 is 25.2 Å². The molecule has 0 radical (unpaired) electrons. The van der Waals surface area contributed by atoms with Gasteiger partial charge in [-0.25, -0.2) is 0 Å². The Morgan fingerprint density at radius 3 is 2.00 bits per heavy atom. The Morgan fingerprint density at radius 1 is 1.17 bits per heavy atom. The Kier molecular flexibility index (Phi) is 5.00. The van der Waals surface area contributed by atoms with Gasteiger partial charge in [0, 0.05) is 0 Å². The first-order chi connectivity index (χ1) is 5.54. The quantitative estimate of drug-likeness (QED) is 0.366. The third-order valence-electron chi connectivity index (χ3n) is 1.65. The molecule has 0 aromatic rings. The van der Waals surface area contributed by atoms with Crippen LogP contribution >= 0.6 is 0 Å². The summed E-state index contributed by atoms with van der Waals surface area (Å²) in [5.74, 6) is 0. The highest BCUT2D eigenvalue weighted by atomic mass is 16.4. The molecule has 12 heavy (non-hydrogen) atoms. The summed E-state index contributed by atoms with van der Waals surface area (Å²) in [7, 11) is 0. The fraction of sp³-hybridized carbons (Fsp3) is 0.857. The van der Waals surface area contributed by atoms with Gasteiger partial charge in [-0.1, -0.05) is 6.92 Å². The van der Waals surface area contributed by atoms with Gasteiger partial charge in [0.1, 0.15) is 18.3 Å². The molecular weight excluding hydrogens is 164 g/mol. The number of aliphatic hydroxyl groups excluding tert-OH is 4. The second-order valence-corrected chi connectivity index (χ2v) is 2.58. The summed E-state index contributed by atoms with van der Waals surface area (Å²) in [6.07, 6.45) is -5.55. The highest BCUT2D eigenvalue weighted by molar-refractivity contribution is 5.56. The molecule has 4 atom stereocenters. The SMILES string of the molecule is CCC(O)[C@@H](O)[C@@H](O)C(O)C=O. The van der Waals surface area contributed by atoms with E-state index in [1.165, 1.54) is 0 Å². The van der Waals surface area contributed by atoms with Gasteiger partial charge in [0.05, 0.1) is 6.10 Å². The highest BCUT2D eigenvalue weighted by Crippen LogP contribution is 2.06. The molecule has 0 aliphatic rings. The fourth-order valence-electron chi connectivity index (χ4n) is 0.752. The van der Waals surface area contributed by atoms with Crippen LogP contribution < -0.4 is 0 Å². The van der Waals surface area contributed by atoms with E-state index in [4.69, 9.17) is 20.4 Å². The Morgan fingerprint density at radius 2 is 1.67 bits per heavy atom. The average molecular weight is 178 g/mol. The minimum Gasteiger partial charge on any atom is -0.390 e. The molecule has 4 N–H and O–H groups in total. The minimum atomic E-state index is -1.65. The molecule has 0 aliphatic heterocycles. The Hall–Kier alpha value is -0.490. The number of aldehydes is 1. The van der Waals surface area contributed by atoms with Crippen LogP contribution in [0.5, 0.6) is 0 Å². The van der Waals surface area contributed by atoms with E-state index in [9.17, 15) is 4.79 Å². The summed E-state index contributed by atoms with van der Waals surface area (Å²) in [6.45, 7) is 1.61. The Bertz CT molecular complexity index is 138. The number of carbonyl (C=O) groups excluding carboxylic acids is 1. The molecule has 0 aromatic heterocycles. The first-order valence-electron chi connectivity index (χ1n) is 3.72. The van der Waals surface area contributed by atoms with E-state index in [-0.39, 0.29) is 12.7 Å². The lowest BCUT2D eigenvalue weighted by molar-refractivity contribution is -0.133. The van der Waals surface area contributed by atoms with Crippen LogP contribution in [0.3, 0.4) is 0 Å². The zero-order chi connectivity index (χ0) is 9.72. The number of hydrogen-bond donors (Lipinski definition) is 4. The van der Waals surface area contributed by atoms with Crippen LogP contribution in [0.25, 0.3) is 0 Å². The van der Waals surface area contributed by atoms with Crippen molar-refractivity contribution in [1.29, 1.82) is 0 Å². The van der Waals surface area contributed by atoms with Crippen molar-refractivity contribution in [3.05, 3.63) is 0 Å². The van der Waals surface area contributed by atoms with Crippen molar-refractivity contribution >= 4 is 6.29 Å². The fourth-order valence-corrected chi connectivity index (χ4v) is 0.752. The molecule has 0 amide bonds. The van der Waals surface area contributed by atoms with E-state index in [1.807, 2.05) is 0 Å². The monoisotopic (exact) mass is 178 g/mol. The molecule has 0 rings (SSSR count). The lowest BCUT2D eigenvalue weighted by atomic mass is 10.0. The van der Waals surface area contributed by atoms with Gasteiger partial charge in [-0.05, 0) is 6.42 Å². The second-order valence-electron chi connectivity index (χ2n) is 2.58. The van der Waals surface area contributed by atoms with E-state index in [0.717, 1.165) is 0 Å². The Labute approximate surface area is 70.3 Å². The number of carbonyl (C=O) groups is 1. The van der Waals surface area contributed by atoms with Crippen molar-refractivity contribution in [2.24, 2.45) is 0 Å². The van der Waals surface area contributed by atoms with E-state index in [0.29, 0.717) is 0 Å². The van der Waals surface area contributed by atoms with Crippen molar-refractivity contribution < 1.29 is 25.2 Å². The summed E-state index contributed by atoms with van der Waals surface area (Å²) in [4.78, 5) is 9.96. The van der Waals surface area contributed by atoms with Gasteiger partial charge in [-0.15, -0.1) is 0 Å². The van der Waals surface area contributed by atoms with Crippen molar-refractivity contribution in [2.45, 2.75) is 37.8 Å². The van der Waals surface area contributed by atoms with Gasteiger partial charge in [-0.2, -0.15) is 0 Å². The molecule has 5 nitrogen and oxygen atoms in total. The third kappa shape index (κ3) is 2.86. The molecule has 0 aliphatic carbocycles. The molecule has 0 spiro atoms. The van der Waals surface area contributed by atoms with Crippen LogP contribution in [0.15, 0.2) is 0 Å². The largest absolute Gasteiger partial charge is 0.390 e. The summed E-state index contributed by atoms with van der Waals surface area (Å²) < 4.78 is 0. The standard InChI is InChI=1S/C7H14O5/c1-2-4(9)6(11)7(12)5(10)3-8/h3-7,9-12H,2H2,1H3/t4?,5?,6-,7+/m1/s1. The predicted molar refractivity (Wildman–Crippen MR) is 40.4 cm³/mol. The first kappa shape index (κ1) is 11.5. The van der Waals surface area contributed by atoms with E-state index in [2.05, 4.69) is 0 Å². The molecule has 5 heteroatoms. The van der Waals surface area contributed by atoms with Crippen LogP contribution in [0.4, 0.5) is 0 Å². The van der Waals surface area contributed by atoms with Crippen LogP contribution in [0.2, 0.25) is 0 Å². The van der Waals surface area contributed by atoms with Crippen LogP contribution in [0, 0.1) is 0 Å². The molecule has 0 saturated carbocycles.